The quantitative estimate of drug-likeness (QED) is 0.609. The first-order valence-electron chi connectivity index (χ1n) is 9.45. The molecule has 1 heterocycles. The highest BCUT2D eigenvalue weighted by atomic mass is 16.3. The van der Waals surface area contributed by atoms with E-state index in [4.69, 9.17) is 4.42 Å². The summed E-state index contributed by atoms with van der Waals surface area (Å²) in [6.45, 7) is 4.40. The summed E-state index contributed by atoms with van der Waals surface area (Å²) in [6, 6.07) is 19.8. The Hall–Kier alpha value is -2.85. The van der Waals surface area contributed by atoms with Gasteiger partial charge in [-0.2, -0.15) is 0 Å². The van der Waals surface area contributed by atoms with E-state index in [1.807, 2.05) is 48.5 Å². The maximum absolute atomic E-state index is 12.6. The minimum atomic E-state index is -0.168. The van der Waals surface area contributed by atoms with Crippen LogP contribution in [0.3, 0.4) is 0 Å². The Bertz CT molecular complexity index is 835. The summed E-state index contributed by atoms with van der Waals surface area (Å²) in [6.07, 6.45) is 3.42. The maximum Gasteiger partial charge on any atom is 0.238 e. The van der Waals surface area contributed by atoms with Crippen LogP contribution in [0.15, 0.2) is 71.3 Å². The highest BCUT2D eigenvalue weighted by molar-refractivity contribution is 5.93. The molecule has 2 aromatic carbocycles. The summed E-state index contributed by atoms with van der Waals surface area (Å²) < 4.78 is 5.58. The second-order valence-corrected chi connectivity index (χ2v) is 6.45. The zero-order chi connectivity index (χ0) is 19.1. The van der Waals surface area contributed by atoms with Crippen LogP contribution in [-0.4, -0.2) is 12.5 Å². The van der Waals surface area contributed by atoms with E-state index in [1.54, 1.807) is 6.26 Å². The van der Waals surface area contributed by atoms with Crippen molar-refractivity contribution in [3.05, 3.63) is 89.4 Å². The van der Waals surface area contributed by atoms with Gasteiger partial charge in [-0.05, 0) is 41.7 Å². The van der Waals surface area contributed by atoms with Crippen LogP contribution in [0.25, 0.3) is 0 Å². The molecule has 2 N–H and O–H groups in total. The molecule has 0 aliphatic rings. The zero-order valence-corrected chi connectivity index (χ0v) is 15.9. The minimum Gasteiger partial charge on any atom is -0.467 e. The highest BCUT2D eigenvalue weighted by Crippen LogP contribution is 2.24. The number of furan rings is 1. The number of nitrogens with one attached hydrogen (secondary N) is 2. The van der Waals surface area contributed by atoms with Gasteiger partial charge in [0.05, 0.1) is 18.8 Å². The van der Waals surface area contributed by atoms with Crippen LogP contribution in [0.4, 0.5) is 5.69 Å². The number of carbonyl (C=O) groups excluding carboxylic acids is 1. The Morgan fingerprint density at radius 2 is 1.63 bits per heavy atom. The molecular weight excluding hydrogens is 336 g/mol. The molecule has 0 bridgehead atoms. The van der Waals surface area contributed by atoms with Gasteiger partial charge in [-0.1, -0.05) is 62.4 Å². The lowest BCUT2D eigenvalue weighted by molar-refractivity contribution is -0.115. The Balaban J connectivity index is 1.72. The van der Waals surface area contributed by atoms with E-state index in [1.165, 1.54) is 0 Å². The fourth-order valence-corrected chi connectivity index (χ4v) is 3.27. The predicted octanol–water partition coefficient (Wildman–Crippen LogP) is 4.72. The Labute approximate surface area is 160 Å². The maximum atomic E-state index is 12.6. The van der Waals surface area contributed by atoms with Crippen molar-refractivity contribution >= 4 is 11.6 Å². The molecule has 1 atom stereocenters. The first-order chi connectivity index (χ1) is 13.2. The van der Waals surface area contributed by atoms with Crippen molar-refractivity contribution in [3.63, 3.8) is 0 Å². The number of benzene rings is 2. The summed E-state index contributed by atoms with van der Waals surface area (Å²) in [4.78, 5) is 12.6. The van der Waals surface area contributed by atoms with Gasteiger partial charge in [0.15, 0.2) is 0 Å². The van der Waals surface area contributed by atoms with Gasteiger partial charge < -0.3 is 9.73 Å². The van der Waals surface area contributed by atoms with Gasteiger partial charge in [-0.25, -0.2) is 0 Å². The third-order valence-electron chi connectivity index (χ3n) is 4.69. The summed E-state index contributed by atoms with van der Waals surface area (Å²) in [7, 11) is 0. The van der Waals surface area contributed by atoms with E-state index < -0.39 is 0 Å². The normalized spacial score (nSPS) is 11.9. The van der Waals surface area contributed by atoms with Crippen molar-refractivity contribution in [2.75, 3.05) is 11.9 Å². The fourth-order valence-electron chi connectivity index (χ4n) is 3.27. The lowest BCUT2D eigenvalue weighted by Gasteiger charge is -2.18. The number of rotatable bonds is 8. The van der Waals surface area contributed by atoms with Crippen LogP contribution in [0.1, 0.15) is 42.3 Å². The first-order valence-corrected chi connectivity index (χ1v) is 9.45. The predicted molar refractivity (Wildman–Crippen MR) is 109 cm³/mol. The Kier molecular flexibility index (Phi) is 6.44. The van der Waals surface area contributed by atoms with Gasteiger partial charge in [0, 0.05) is 5.69 Å². The lowest BCUT2D eigenvalue weighted by atomic mass is 10.0. The molecule has 140 valence electrons. The van der Waals surface area contributed by atoms with E-state index in [0.717, 1.165) is 41.0 Å². The third kappa shape index (κ3) is 4.66. The number of hydrogen-bond acceptors (Lipinski definition) is 3. The third-order valence-corrected chi connectivity index (χ3v) is 4.69. The molecule has 0 aliphatic heterocycles. The highest BCUT2D eigenvalue weighted by Gasteiger charge is 2.18. The van der Waals surface area contributed by atoms with Crippen LogP contribution in [0.5, 0.6) is 0 Å². The SMILES string of the molecule is CCc1cccc(CC)c1NC(=O)CN[C@H](c1ccccc1)c1ccco1. The summed E-state index contributed by atoms with van der Waals surface area (Å²) in [5.74, 6) is 0.732. The molecule has 4 nitrogen and oxygen atoms in total. The summed E-state index contributed by atoms with van der Waals surface area (Å²) in [5, 5.41) is 6.43. The monoisotopic (exact) mass is 362 g/mol. The number of carbonyl (C=O) groups is 1. The van der Waals surface area contributed by atoms with Gasteiger partial charge in [-0.15, -0.1) is 0 Å². The molecule has 1 amide bonds. The molecule has 0 radical (unpaired) electrons. The van der Waals surface area contributed by atoms with E-state index in [2.05, 4.69) is 36.6 Å². The first kappa shape index (κ1) is 18.9. The van der Waals surface area contributed by atoms with Crippen molar-refractivity contribution in [2.45, 2.75) is 32.7 Å². The number of para-hydroxylation sites is 1. The molecule has 4 heteroatoms. The van der Waals surface area contributed by atoms with E-state index in [-0.39, 0.29) is 18.5 Å². The minimum absolute atomic E-state index is 0.0573. The van der Waals surface area contributed by atoms with Gasteiger partial charge in [-0.3, -0.25) is 10.1 Å². The van der Waals surface area contributed by atoms with Gasteiger partial charge in [0.1, 0.15) is 5.76 Å². The lowest BCUT2D eigenvalue weighted by Crippen LogP contribution is -2.32. The van der Waals surface area contributed by atoms with Crippen molar-refractivity contribution in [1.29, 1.82) is 0 Å². The largest absolute Gasteiger partial charge is 0.467 e. The molecule has 0 spiro atoms. The molecule has 3 rings (SSSR count). The van der Waals surface area contributed by atoms with Crippen LogP contribution >= 0.6 is 0 Å². The zero-order valence-electron chi connectivity index (χ0n) is 15.9. The topological polar surface area (TPSA) is 54.3 Å². The van der Waals surface area contributed by atoms with Crippen molar-refractivity contribution in [1.82, 2.24) is 5.32 Å². The van der Waals surface area contributed by atoms with Crippen LogP contribution in [0, 0.1) is 0 Å². The van der Waals surface area contributed by atoms with E-state index in [9.17, 15) is 4.79 Å². The summed E-state index contributed by atoms with van der Waals surface area (Å²) in [5.41, 5.74) is 4.33. The average molecular weight is 362 g/mol. The summed E-state index contributed by atoms with van der Waals surface area (Å²) >= 11 is 0. The number of amides is 1. The number of anilines is 1. The van der Waals surface area contributed by atoms with Gasteiger partial charge in [0.2, 0.25) is 5.91 Å². The van der Waals surface area contributed by atoms with E-state index >= 15 is 0 Å². The van der Waals surface area contributed by atoms with Crippen LogP contribution < -0.4 is 10.6 Å². The van der Waals surface area contributed by atoms with Gasteiger partial charge >= 0.3 is 0 Å². The molecule has 3 aromatic rings. The number of aryl methyl sites for hydroxylation is 2. The standard InChI is InChI=1S/C23H26N2O2/c1-3-17-12-8-13-18(4-2)22(17)25-21(26)16-24-23(20-14-9-15-27-20)19-10-6-5-7-11-19/h5-15,23-24H,3-4,16H2,1-2H3,(H,25,26)/t23-/m1/s1. The average Bonchev–Trinajstić information content (AvgIpc) is 3.23. The molecular formula is C23H26N2O2. The van der Waals surface area contributed by atoms with E-state index in [0.29, 0.717) is 0 Å². The number of hydrogen-bond donors (Lipinski definition) is 2. The smallest absolute Gasteiger partial charge is 0.238 e. The molecule has 0 unspecified atom stereocenters. The van der Waals surface area contributed by atoms with Crippen LogP contribution in [-0.2, 0) is 17.6 Å². The molecule has 0 saturated carbocycles. The Morgan fingerprint density at radius 3 is 2.22 bits per heavy atom. The van der Waals surface area contributed by atoms with Crippen LogP contribution in [0.2, 0.25) is 0 Å². The Morgan fingerprint density at radius 1 is 0.926 bits per heavy atom. The molecule has 0 fully saturated rings. The van der Waals surface area contributed by atoms with Crippen molar-refractivity contribution < 1.29 is 9.21 Å². The van der Waals surface area contributed by atoms with Gasteiger partial charge in [0.25, 0.3) is 0 Å². The molecule has 0 aliphatic carbocycles. The second-order valence-electron chi connectivity index (χ2n) is 6.45. The molecule has 27 heavy (non-hydrogen) atoms. The van der Waals surface area contributed by atoms with Crippen molar-refractivity contribution in [3.8, 4) is 0 Å². The fraction of sp³-hybridized carbons (Fsp3) is 0.261. The molecule has 0 saturated heterocycles. The van der Waals surface area contributed by atoms with Crippen molar-refractivity contribution in [2.24, 2.45) is 0 Å². The second kappa shape index (κ2) is 9.19. The molecule has 1 aromatic heterocycles.